The molecule has 0 bridgehead atoms. The van der Waals surface area contributed by atoms with Crippen molar-refractivity contribution in [2.45, 2.75) is 25.2 Å². The van der Waals surface area contributed by atoms with Crippen molar-refractivity contribution in [2.24, 2.45) is 0 Å². The van der Waals surface area contributed by atoms with E-state index in [1.165, 1.54) is 10.9 Å². The van der Waals surface area contributed by atoms with Crippen LogP contribution in [0.15, 0.2) is 29.6 Å². The summed E-state index contributed by atoms with van der Waals surface area (Å²) < 4.78 is 0. The molecule has 2 aromatic rings. The van der Waals surface area contributed by atoms with Gasteiger partial charge in [-0.25, -0.2) is 0 Å². The Hall–Kier alpha value is -1.52. The molecular weight excluding hydrogens is 294 g/mol. The summed E-state index contributed by atoms with van der Waals surface area (Å²) in [5, 5.41) is 14.7. The lowest BCUT2D eigenvalue weighted by atomic mass is 9.87. The highest BCUT2D eigenvalue weighted by molar-refractivity contribution is 7.10. The fourth-order valence-corrected chi connectivity index (χ4v) is 3.68. The number of carbonyl (C=O) groups excluding carboxylic acids is 1. The monoisotopic (exact) mass is 307 g/mol. The molecule has 5 heteroatoms. The van der Waals surface area contributed by atoms with Gasteiger partial charge in [-0.05, 0) is 48.4 Å². The number of anilines is 1. The molecule has 1 aliphatic rings. The minimum atomic E-state index is -0.0946. The van der Waals surface area contributed by atoms with Crippen LogP contribution in [0.25, 0.3) is 0 Å². The third-order valence-corrected chi connectivity index (χ3v) is 4.90. The molecule has 1 heterocycles. The van der Waals surface area contributed by atoms with Gasteiger partial charge in [0.1, 0.15) is 5.75 Å². The lowest BCUT2D eigenvalue weighted by Crippen LogP contribution is -2.23. The first-order valence-corrected chi connectivity index (χ1v) is 7.76. The van der Waals surface area contributed by atoms with Crippen molar-refractivity contribution in [3.8, 4) is 5.75 Å². The lowest BCUT2D eigenvalue weighted by molar-refractivity contribution is -0.117. The number of phenols is 1. The van der Waals surface area contributed by atoms with Crippen molar-refractivity contribution in [3.05, 3.63) is 45.1 Å². The predicted octanol–water partition coefficient (Wildman–Crippen LogP) is 4.17. The highest BCUT2D eigenvalue weighted by Crippen LogP contribution is 2.36. The minimum absolute atomic E-state index is 0.0222. The Morgan fingerprint density at radius 2 is 2.25 bits per heavy atom. The molecule has 0 saturated carbocycles. The van der Waals surface area contributed by atoms with Gasteiger partial charge in [0.2, 0.25) is 5.91 Å². The summed E-state index contributed by atoms with van der Waals surface area (Å²) in [4.78, 5) is 13.7. The van der Waals surface area contributed by atoms with E-state index in [9.17, 15) is 9.90 Å². The normalized spacial score (nSPS) is 17.6. The van der Waals surface area contributed by atoms with Crippen LogP contribution in [0.4, 0.5) is 5.69 Å². The number of rotatable bonds is 2. The van der Waals surface area contributed by atoms with Crippen LogP contribution in [0, 0.1) is 0 Å². The lowest BCUT2D eigenvalue weighted by Gasteiger charge is -2.21. The van der Waals surface area contributed by atoms with Gasteiger partial charge in [0.25, 0.3) is 0 Å². The molecule has 0 radical (unpaired) electrons. The largest absolute Gasteiger partial charge is 0.506 e. The topological polar surface area (TPSA) is 49.3 Å². The van der Waals surface area contributed by atoms with Gasteiger partial charge >= 0.3 is 0 Å². The van der Waals surface area contributed by atoms with E-state index in [0.717, 1.165) is 24.8 Å². The third kappa shape index (κ3) is 2.53. The molecule has 0 fully saturated rings. The molecular formula is C15H14ClNO2S. The van der Waals surface area contributed by atoms with Crippen LogP contribution in [0.1, 0.15) is 29.2 Å². The van der Waals surface area contributed by atoms with Gasteiger partial charge < -0.3 is 10.4 Å². The Morgan fingerprint density at radius 3 is 3.05 bits per heavy atom. The van der Waals surface area contributed by atoms with E-state index in [1.54, 1.807) is 23.5 Å². The maximum atomic E-state index is 12.4. The Balaban J connectivity index is 1.79. The molecule has 1 aliphatic carbocycles. The molecule has 2 N–H and O–H groups in total. The van der Waals surface area contributed by atoms with Gasteiger partial charge in [-0.2, -0.15) is 0 Å². The van der Waals surface area contributed by atoms with E-state index in [2.05, 4.69) is 5.32 Å². The number of phenolic OH excluding ortho intramolecular Hbond substituents is 1. The maximum Gasteiger partial charge on any atom is 0.231 e. The number of fused-ring (bicyclic) bond motifs is 1. The van der Waals surface area contributed by atoms with Crippen molar-refractivity contribution in [1.82, 2.24) is 0 Å². The zero-order valence-electron chi connectivity index (χ0n) is 10.7. The summed E-state index contributed by atoms with van der Waals surface area (Å²) >= 11 is 7.48. The van der Waals surface area contributed by atoms with Crippen molar-refractivity contribution in [1.29, 1.82) is 0 Å². The third-order valence-electron chi connectivity index (χ3n) is 3.58. The van der Waals surface area contributed by atoms with Crippen molar-refractivity contribution >= 4 is 34.5 Å². The highest BCUT2D eigenvalue weighted by atomic mass is 35.5. The number of aryl methyl sites for hydroxylation is 1. The molecule has 3 rings (SSSR count). The average molecular weight is 308 g/mol. The predicted molar refractivity (Wildman–Crippen MR) is 81.7 cm³/mol. The fraction of sp³-hybridized carbons (Fsp3) is 0.267. The smallest absolute Gasteiger partial charge is 0.231 e. The van der Waals surface area contributed by atoms with Crippen LogP contribution in [0.3, 0.4) is 0 Å². The standard InChI is InChI=1S/C15H14ClNO2S/c16-12-5-4-9(8-13(12)18)17-15(19)11-2-1-3-14-10(11)6-7-20-14/h4-8,11,18H,1-3H2,(H,17,19). The molecule has 1 amide bonds. The number of carbonyl (C=O) groups is 1. The second-order valence-corrected chi connectivity index (χ2v) is 6.31. The number of thiophene rings is 1. The molecule has 0 saturated heterocycles. The van der Waals surface area contributed by atoms with Crippen LogP contribution in [0.2, 0.25) is 5.02 Å². The molecule has 1 unspecified atom stereocenters. The molecule has 104 valence electrons. The molecule has 1 aromatic carbocycles. The number of hydrogen-bond acceptors (Lipinski definition) is 3. The summed E-state index contributed by atoms with van der Waals surface area (Å²) in [7, 11) is 0. The summed E-state index contributed by atoms with van der Waals surface area (Å²) in [6.45, 7) is 0. The Morgan fingerprint density at radius 1 is 1.40 bits per heavy atom. The highest BCUT2D eigenvalue weighted by Gasteiger charge is 2.27. The van der Waals surface area contributed by atoms with Crippen LogP contribution in [0.5, 0.6) is 5.75 Å². The van der Waals surface area contributed by atoms with Gasteiger partial charge in [0, 0.05) is 16.6 Å². The van der Waals surface area contributed by atoms with Crippen LogP contribution in [-0.2, 0) is 11.2 Å². The molecule has 1 atom stereocenters. The van der Waals surface area contributed by atoms with Gasteiger partial charge in [-0.1, -0.05) is 11.6 Å². The first kappa shape index (κ1) is 13.5. The zero-order chi connectivity index (χ0) is 14.1. The van der Waals surface area contributed by atoms with E-state index in [4.69, 9.17) is 11.6 Å². The van der Waals surface area contributed by atoms with E-state index >= 15 is 0 Å². The zero-order valence-corrected chi connectivity index (χ0v) is 12.3. The Kier molecular flexibility index (Phi) is 3.68. The average Bonchev–Trinajstić information content (AvgIpc) is 2.91. The van der Waals surface area contributed by atoms with Gasteiger partial charge in [-0.3, -0.25) is 4.79 Å². The number of amides is 1. The van der Waals surface area contributed by atoms with Crippen molar-refractivity contribution in [3.63, 3.8) is 0 Å². The minimum Gasteiger partial charge on any atom is -0.506 e. The second kappa shape index (κ2) is 5.46. The second-order valence-electron chi connectivity index (χ2n) is 4.90. The summed E-state index contributed by atoms with van der Waals surface area (Å²) in [5.41, 5.74) is 1.72. The summed E-state index contributed by atoms with van der Waals surface area (Å²) in [6.07, 6.45) is 2.98. The SMILES string of the molecule is O=C(Nc1ccc(Cl)c(O)c1)C1CCCc2sccc21. The van der Waals surface area contributed by atoms with Crippen LogP contribution >= 0.6 is 22.9 Å². The summed E-state index contributed by atoms with van der Waals surface area (Å²) in [5.74, 6) is -0.141. The first-order chi connectivity index (χ1) is 9.65. The first-order valence-electron chi connectivity index (χ1n) is 6.51. The Labute approximate surface area is 126 Å². The molecule has 3 nitrogen and oxygen atoms in total. The van der Waals surface area contributed by atoms with Crippen molar-refractivity contribution in [2.75, 3.05) is 5.32 Å². The Bertz CT molecular complexity index is 653. The number of halogens is 1. The maximum absolute atomic E-state index is 12.4. The van der Waals surface area contributed by atoms with E-state index in [-0.39, 0.29) is 22.6 Å². The van der Waals surface area contributed by atoms with Gasteiger partial charge in [0.15, 0.2) is 0 Å². The number of aromatic hydroxyl groups is 1. The van der Waals surface area contributed by atoms with E-state index in [0.29, 0.717) is 5.69 Å². The van der Waals surface area contributed by atoms with E-state index < -0.39 is 0 Å². The number of nitrogens with one attached hydrogen (secondary N) is 1. The molecule has 0 spiro atoms. The summed E-state index contributed by atoms with van der Waals surface area (Å²) in [6, 6.07) is 6.78. The van der Waals surface area contributed by atoms with Gasteiger partial charge in [0.05, 0.1) is 10.9 Å². The number of benzene rings is 1. The van der Waals surface area contributed by atoms with E-state index in [1.807, 2.05) is 11.4 Å². The quantitative estimate of drug-likeness (QED) is 0.875. The number of hydrogen-bond donors (Lipinski definition) is 2. The van der Waals surface area contributed by atoms with Crippen molar-refractivity contribution < 1.29 is 9.90 Å². The molecule has 0 aliphatic heterocycles. The molecule has 20 heavy (non-hydrogen) atoms. The van der Waals surface area contributed by atoms with Crippen LogP contribution < -0.4 is 5.32 Å². The van der Waals surface area contributed by atoms with Gasteiger partial charge in [-0.15, -0.1) is 11.3 Å². The molecule has 1 aromatic heterocycles. The van der Waals surface area contributed by atoms with Crippen LogP contribution in [-0.4, -0.2) is 11.0 Å². The fourth-order valence-electron chi connectivity index (χ4n) is 2.58.